The van der Waals surface area contributed by atoms with Crippen LogP contribution in [0.1, 0.15) is 39.5 Å². The van der Waals surface area contributed by atoms with Gasteiger partial charge >= 0.3 is 0 Å². The molecule has 0 aromatic heterocycles. The van der Waals surface area contributed by atoms with Crippen molar-refractivity contribution in [3.05, 3.63) is 0 Å². The number of hydrogen-bond acceptors (Lipinski definition) is 3. The monoisotopic (exact) mass is 242 g/mol. The van der Waals surface area contributed by atoms with Crippen molar-refractivity contribution in [3.63, 3.8) is 0 Å². The summed E-state index contributed by atoms with van der Waals surface area (Å²) in [5, 5.41) is 0. The Morgan fingerprint density at radius 3 is 2.65 bits per heavy atom. The average Bonchev–Trinajstić information content (AvgIpc) is 2.37. The van der Waals surface area contributed by atoms with Gasteiger partial charge in [-0.15, -0.1) is 0 Å². The van der Waals surface area contributed by atoms with Gasteiger partial charge in [0.05, 0.1) is 6.61 Å². The molecule has 0 aromatic carbocycles. The van der Waals surface area contributed by atoms with Crippen LogP contribution >= 0.6 is 0 Å². The zero-order valence-corrected chi connectivity index (χ0v) is 12.0. The molecule has 0 saturated heterocycles. The molecule has 1 saturated carbocycles. The molecule has 0 aromatic rings. The van der Waals surface area contributed by atoms with Gasteiger partial charge < -0.3 is 10.5 Å². The Kier molecular flexibility index (Phi) is 6.45. The second-order valence-corrected chi connectivity index (χ2v) is 5.62. The second kappa shape index (κ2) is 7.34. The fourth-order valence-electron chi connectivity index (χ4n) is 3.12. The van der Waals surface area contributed by atoms with Gasteiger partial charge in [-0.1, -0.05) is 19.8 Å². The van der Waals surface area contributed by atoms with E-state index in [1.807, 2.05) is 0 Å². The van der Waals surface area contributed by atoms with Crippen molar-refractivity contribution in [2.45, 2.75) is 51.6 Å². The summed E-state index contributed by atoms with van der Waals surface area (Å²) in [5.41, 5.74) is 5.93. The van der Waals surface area contributed by atoms with Gasteiger partial charge in [-0.2, -0.15) is 0 Å². The molecule has 0 aliphatic heterocycles. The third kappa shape index (κ3) is 3.94. The number of nitrogens with two attached hydrogens (primary N) is 1. The Hall–Kier alpha value is -0.120. The first-order valence-electron chi connectivity index (χ1n) is 7.04. The van der Waals surface area contributed by atoms with Crippen LogP contribution in [0.25, 0.3) is 0 Å². The maximum absolute atomic E-state index is 5.93. The van der Waals surface area contributed by atoms with E-state index in [9.17, 15) is 0 Å². The molecule has 4 unspecified atom stereocenters. The summed E-state index contributed by atoms with van der Waals surface area (Å²) < 4.78 is 5.26. The molecule has 3 heteroatoms. The lowest BCUT2D eigenvalue weighted by atomic mass is 9.76. The fourth-order valence-corrected chi connectivity index (χ4v) is 3.12. The number of hydrogen-bond donors (Lipinski definition) is 1. The minimum absolute atomic E-state index is 0.481. The molecule has 0 radical (unpaired) electrons. The molecule has 1 aliphatic carbocycles. The van der Waals surface area contributed by atoms with Crippen molar-refractivity contribution < 1.29 is 4.74 Å². The highest BCUT2D eigenvalue weighted by molar-refractivity contribution is 4.87. The summed E-state index contributed by atoms with van der Waals surface area (Å²) in [6.45, 7) is 6.18. The highest BCUT2D eigenvalue weighted by Crippen LogP contribution is 2.33. The molecular formula is C14H30N2O. The van der Waals surface area contributed by atoms with Crippen LogP contribution in [-0.4, -0.2) is 44.3 Å². The predicted octanol–water partition coefficient (Wildman–Crippen LogP) is 2.11. The smallest absolute Gasteiger partial charge is 0.0615 e. The van der Waals surface area contributed by atoms with Gasteiger partial charge in [-0.3, -0.25) is 4.90 Å². The van der Waals surface area contributed by atoms with Crippen molar-refractivity contribution in [1.82, 2.24) is 4.90 Å². The topological polar surface area (TPSA) is 38.5 Å². The zero-order chi connectivity index (χ0) is 12.8. The molecule has 0 bridgehead atoms. The predicted molar refractivity (Wildman–Crippen MR) is 73.1 cm³/mol. The molecule has 102 valence electrons. The summed E-state index contributed by atoms with van der Waals surface area (Å²) in [6, 6.07) is 1.12. The van der Waals surface area contributed by atoms with Crippen molar-refractivity contribution in [2.75, 3.05) is 27.3 Å². The lowest BCUT2D eigenvalue weighted by Gasteiger charge is -2.43. The number of ether oxygens (including phenoxy) is 1. The third-order valence-corrected chi connectivity index (χ3v) is 4.57. The summed E-state index contributed by atoms with van der Waals surface area (Å²) in [4.78, 5) is 2.49. The molecule has 3 nitrogen and oxygen atoms in total. The minimum Gasteiger partial charge on any atom is -0.383 e. The molecule has 4 atom stereocenters. The Morgan fingerprint density at radius 1 is 1.41 bits per heavy atom. The van der Waals surface area contributed by atoms with Crippen molar-refractivity contribution in [2.24, 2.45) is 17.6 Å². The van der Waals surface area contributed by atoms with Gasteiger partial charge in [0.2, 0.25) is 0 Å². The van der Waals surface area contributed by atoms with Gasteiger partial charge in [-0.05, 0) is 45.2 Å². The number of rotatable bonds is 6. The first-order chi connectivity index (χ1) is 8.13. The number of likely N-dealkylation sites (N-methyl/N-ethyl adjacent to an activating group) is 1. The summed E-state index contributed by atoms with van der Waals surface area (Å²) in [6.07, 6.45) is 5.27. The van der Waals surface area contributed by atoms with Gasteiger partial charge in [-0.25, -0.2) is 0 Å². The van der Waals surface area contributed by atoms with Gasteiger partial charge in [0.15, 0.2) is 0 Å². The third-order valence-electron chi connectivity index (χ3n) is 4.57. The SMILES string of the molecule is CCC1CCC(CN)C(N(C)C(C)COC)C1. The summed E-state index contributed by atoms with van der Waals surface area (Å²) >= 11 is 0. The van der Waals surface area contributed by atoms with Crippen LogP contribution in [0.5, 0.6) is 0 Å². The van der Waals surface area contributed by atoms with Crippen LogP contribution in [-0.2, 0) is 4.74 Å². The minimum atomic E-state index is 0.481. The second-order valence-electron chi connectivity index (χ2n) is 5.62. The van der Waals surface area contributed by atoms with Crippen LogP contribution in [0, 0.1) is 11.8 Å². The molecule has 0 spiro atoms. The first kappa shape index (κ1) is 14.9. The van der Waals surface area contributed by atoms with E-state index in [0.717, 1.165) is 19.1 Å². The summed E-state index contributed by atoms with van der Waals surface area (Å²) in [5.74, 6) is 1.56. The Bertz CT molecular complexity index is 210. The molecule has 2 N–H and O–H groups in total. The van der Waals surface area contributed by atoms with Crippen LogP contribution in [0.15, 0.2) is 0 Å². The molecule has 1 aliphatic rings. The Labute approximate surface area is 107 Å². The molecule has 0 heterocycles. The largest absolute Gasteiger partial charge is 0.383 e. The van der Waals surface area contributed by atoms with Crippen LogP contribution in [0.3, 0.4) is 0 Å². The number of methoxy groups -OCH3 is 1. The van der Waals surface area contributed by atoms with Gasteiger partial charge in [0.1, 0.15) is 0 Å². The van der Waals surface area contributed by atoms with E-state index in [2.05, 4.69) is 25.8 Å². The van der Waals surface area contributed by atoms with E-state index in [1.165, 1.54) is 25.7 Å². The van der Waals surface area contributed by atoms with E-state index in [-0.39, 0.29) is 0 Å². The Morgan fingerprint density at radius 2 is 2.12 bits per heavy atom. The average molecular weight is 242 g/mol. The maximum atomic E-state index is 5.93. The van der Waals surface area contributed by atoms with Gasteiger partial charge in [0, 0.05) is 19.2 Å². The van der Waals surface area contributed by atoms with E-state index < -0.39 is 0 Å². The van der Waals surface area contributed by atoms with Crippen LogP contribution < -0.4 is 5.73 Å². The molecule has 1 rings (SSSR count). The molecule has 0 amide bonds. The zero-order valence-electron chi connectivity index (χ0n) is 12.0. The number of nitrogens with zero attached hydrogens (tertiary/aromatic N) is 1. The van der Waals surface area contributed by atoms with Crippen molar-refractivity contribution >= 4 is 0 Å². The Balaban J connectivity index is 2.61. The van der Waals surface area contributed by atoms with E-state index >= 15 is 0 Å². The highest BCUT2D eigenvalue weighted by Gasteiger charge is 2.33. The first-order valence-corrected chi connectivity index (χ1v) is 7.04. The van der Waals surface area contributed by atoms with Crippen molar-refractivity contribution in [1.29, 1.82) is 0 Å². The lowest BCUT2D eigenvalue weighted by molar-refractivity contribution is 0.0382. The molecular weight excluding hydrogens is 212 g/mol. The standard InChI is InChI=1S/C14H30N2O/c1-5-12-6-7-13(9-15)14(8-12)16(3)11(2)10-17-4/h11-14H,5-10,15H2,1-4H3. The molecule has 17 heavy (non-hydrogen) atoms. The quantitative estimate of drug-likeness (QED) is 0.775. The fraction of sp³-hybridized carbons (Fsp3) is 1.00. The molecule has 1 fully saturated rings. The van der Waals surface area contributed by atoms with E-state index in [0.29, 0.717) is 18.0 Å². The maximum Gasteiger partial charge on any atom is 0.0615 e. The van der Waals surface area contributed by atoms with E-state index in [4.69, 9.17) is 10.5 Å². The van der Waals surface area contributed by atoms with Crippen LogP contribution in [0.4, 0.5) is 0 Å². The van der Waals surface area contributed by atoms with Gasteiger partial charge in [0.25, 0.3) is 0 Å². The van der Waals surface area contributed by atoms with Crippen LogP contribution in [0.2, 0.25) is 0 Å². The highest BCUT2D eigenvalue weighted by atomic mass is 16.5. The summed E-state index contributed by atoms with van der Waals surface area (Å²) in [7, 11) is 4.01. The van der Waals surface area contributed by atoms with E-state index in [1.54, 1.807) is 7.11 Å². The normalized spacial score (nSPS) is 31.8. The lowest BCUT2D eigenvalue weighted by Crippen LogP contribution is -2.49. The van der Waals surface area contributed by atoms with Crippen molar-refractivity contribution in [3.8, 4) is 0 Å².